The molecule has 2 fully saturated rings. The van der Waals surface area contributed by atoms with Crippen LogP contribution >= 0.6 is 0 Å². The summed E-state index contributed by atoms with van der Waals surface area (Å²) in [7, 11) is 0. The van der Waals surface area contributed by atoms with Gasteiger partial charge in [0.15, 0.2) is 0 Å². The summed E-state index contributed by atoms with van der Waals surface area (Å²) in [5.41, 5.74) is 1.03. The fraction of sp³-hybridized carbons (Fsp3) is 0.714. The molecule has 0 bridgehead atoms. The lowest BCUT2D eigenvalue weighted by molar-refractivity contribution is 0.786. The van der Waals surface area contributed by atoms with Gasteiger partial charge in [-0.15, -0.1) is 0 Å². The van der Waals surface area contributed by atoms with Crippen molar-refractivity contribution in [3.8, 4) is 0 Å². The van der Waals surface area contributed by atoms with Crippen LogP contribution in [0.4, 0.5) is 0 Å². The lowest BCUT2D eigenvalue weighted by atomic mass is 10.2. The van der Waals surface area contributed by atoms with Gasteiger partial charge in [0.2, 0.25) is 0 Å². The summed E-state index contributed by atoms with van der Waals surface area (Å²) in [6.07, 6.45) is 3.78. The molecule has 0 aliphatic heterocycles. The molecule has 2 atom stereocenters. The third-order valence-electron chi connectivity index (χ3n) is 2.15. The molecule has 2 saturated carbocycles. The van der Waals surface area contributed by atoms with Gasteiger partial charge in [0, 0.05) is 0 Å². The minimum Gasteiger partial charge on any atom is -0.0583 e. The molecule has 7 heavy (non-hydrogen) atoms. The van der Waals surface area contributed by atoms with Crippen LogP contribution in [0.1, 0.15) is 19.3 Å². The number of hydrogen-bond donors (Lipinski definition) is 0. The number of rotatable bonds is 0. The molecule has 2 aliphatic carbocycles. The van der Waals surface area contributed by atoms with Crippen molar-refractivity contribution in [3.05, 3.63) is 12.2 Å². The van der Waals surface area contributed by atoms with E-state index < -0.39 is 0 Å². The number of hydrogen-bond acceptors (Lipinski definition) is 0. The van der Waals surface area contributed by atoms with Crippen molar-refractivity contribution < 1.29 is 0 Å². The molecule has 0 heteroatoms. The van der Waals surface area contributed by atoms with E-state index in [0.29, 0.717) is 0 Å². The SMILES string of the molecule is [C]=C1CCC2CC12. The van der Waals surface area contributed by atoms with E-state index in [2.05, 4.69) is 0 Å². The standard InChI is InChI=1S/C7H8/c1-5-2-3-6-4-7(5)6/h6-7H,2-4H2. The molecule has 0 saturated heterocycles. The average molecular weight is 92.1 g/mol. The smallest absolute Gasteiger partial charge is 0.0105 e. The summed E-state index contributed by atoms with van der Waals surface area (Å²) in [5.74, 6) is 1.73. The van der Waals surface area contributed by atoms with E-state index >= 15 is 0 Å². The lowest BCUT2D eigenvalue weighted by Gasteiger charge is -1.87. The third-order valence-corrected chi connectivity index (χ3v) is 2.15. The van der Waals surface area contributed by atoms with Crippen LogP contribution in [-0.4, -0.2) is 0 Å². The van der Waals surface area contributed by atoms with E-state index in [0.717, 1.165) is 23.8 Å². The average Bonchev–Trinajstić information content (AvgIpc) is 2.33. The quantitative estimate of drug-likeness (QED) is 0.426. The summed E-state index contributed by atoms with van der Waals surface area (Å²) >= 11 is 0. The van der Waals surface area contributed by atoms with Gasteiger partial charge in [-0.1, -0.05) is 5.57 Å². The van der Waals surface area contributed by atoms with Crippen molar-refractivity contribution in [2.24, 2.45) is 11.8 Å². The number of fused-ring (bicyclic) bond motifs is 1. The maximum Gasteiger partial charge on any atom is -0.0105 e. The van der Waals surface area contributed by atoms with Crippen LogP contribution in [-0.2, 0) is 0 Å². The fourth-order valence-electron chi connectivity index (χ4n) is 1.52. The van der Waals surface area contributed by atoms with Crippen LogP contribution in [0, 0.1) is 18.4 Å². The largest absolute Gasteiger partial charge is 0.0583 e. The first-order valence-corrected chi connectivity index (χ1v) is 2.95. The third kappa shape index (κ3) is 0.370. The molecule has 0 amide bonds. The van der Waals surface area contributed by atoms with Crippen molar-refractivity contribution in [3.63, 3.8) is 0 Å². The first kappa shape index (κ1) is 3.71. The molecule has 2 rings (SSSR count). The first-order chi connectivity index (χ1) is 3.38. The molecular weight excluding hydrogens is 84.1 g/mol. The predicted molar refractivity (Wildman–Crippen MR) is 27.6 cm³/mol. The Hall–Kier alpha value is -0.260. The minimum absolute atomic E-state index is 0.764. The highest BCUT2D eigenvalue weighted by Crippen LogP contribution is 2.54. The molecule has 0 nitrogen and oxygen atoms in total. The zero-order valence-corrected chi connectivity index (χ0v) is 4.28. The van der Waals surface area contributed by atoms with Gasteiger partial charge in [-0.3, -0.25) is 0 Å². The van der Waals surface area contributed by atoms with Crippen molar-refractivity contribution in [1.82, 2.24) is 0 Å². The van der Waals surface area contributed by atoms with Gasteiger partial charge >= 0.3 is 0 Å². The van der Waals surface area contributed by atoms with Gasteiger partial charge in [-0.05, 0) is 37.7 Å². The zero-order valence-electron chi connectivity index (χ0n) is 4.28. The molecule has 2 aliphatic rings. The second-order valence-electron chi connectivity index (χ2n) is 2.67. The summed E-state index contributed by atoms with van der Waals surface area (Å²) in [5, 5.41) is 0. The Morgan fingerprint density at radius 2 is 2.43 bits per heavy atom. The normalized spacial score (nSPS) is 46.6. The molecule has 0 aromatic rings. The van der Waals surface area contributed by atoms with Gasteiger partial charge in [-0.2, -0.15) is 0 Å². The van der Waals surface area contributed by atoms with Gasteiger partial charge in [0.25, 0.3) is 0 Å². The van der Waals surface area contributed by atoms with Gasteiger partial charge in [0.1, 0.15) is 0 Å². The maximum absolute atomic E-state index is 7.30. The molecule has 0 spiro atoms. The Bertz CT molecular complexity index is 113. The Kier molecular flexibility index (Phi) is 0.495. The Morgan fingerprint density at radius 1 is 1.57 bits per heavy atom. The highest BCUT2D eigenvalue weighted by Gasteiger charge is 2.43. The van der Waals surface area contributed by atoms with E-state index in [1.807, 2.05) is 0 Å². The van der Waals surface area contributed by atoms with Crippen molar-refractivity contribution in [2.75, 3.05) is 0 Å². The van der Waals surface area contributed by atoms with Crippen LogP contribution in [0.5, 0.6) is 0 Å². The van der Waals surface area contributed by atoms with Crippen LogP contribution in [0.15, 0.2) is 5.57 Å². The molecule has 0 heterocycles. The molecule has 0 N–H and O–H groups in total. The Balaban J connectivity index is 2.21. The monoisotopic (exact) mass is 92.1 g/mol. The topological polar surface area (TPSA) is 0 Å². The Labute approximate surface area is 44.2 Å². The molecule has 36 valence electrons. The van der Waals surface area contributed by atoms with Crippen molar-refractivity contribution in [1.29, 1.82) is 0 Å². The summed E-state index contributed by atoms with van der Waals surface area (Å²) < 4.78 is 0. The second-order valence-corrected chi connectivity index (χ2v) is 2.67. The molecule has 2 radical (unpaired) electrons. The van der Waals surface area contributed by atoms with Crippen molar-refractivity contribution in [2.45, 2.75) is 19.3 Å². The van der Waals surface area contributed by atoms with Gasteiger partial charge in [0.05, 0.1) is 0 Å². The van der Waals surface area contributed by atoms with Gasteiger partial charge < -0.3 is 0 Å². The van der Waals surface area contributed by atoms with Crippen LogP contribution in [0.25, 0.3) is 0 Å². The van der Waals surface area contributed by atoms with E-state index in [-0.39, 0.29) is 0 Å². The van der Waals surface area contributed by atoms with E-state index in [1.54, 1.807) is 0 Å². The second kappa shape index (κ2) is 0.936. The summed E-state index contributed by atoms with van der Waals surface area (Å²) in [6, 6.07) is 0. The zero-order chi connectivity index (χ0) is 4.85. The van der Waals surface area contributed by atoms with Crippen LogP contribution in [0.2, 0.25) is 0 Å². The Morgan fingerprint density at radius 3 is 2.57 bits per heavy atom. The van der Waals surface area contributed by atoms with E-state index in [9.17, 15) is 0 Å². The predicted octanol–water partition coefficient (Wildman–Crippen LogP) is 1.65. The van der Waals surface area contributed by atoms with Crippen LogP contribution in [0.3, 0.4) is 0 Å². The summed E-state index contributed by atoms with van der Waals surface area (Å²) in [6.45, 7) is 7.30. The van der Waals surface area contributed by atoms with Crippen LogP contribution < -0.4 is 0 Å². The van der Waals surface area contributed by atoms with E-state index in [4.69, 9.17) is 6.58 Å². The number of allylic oxidation sites excluding steroid dienone is 1. The van der Waals surface area contributed by atoms with Crippen molar-refractivity contribution >= 4 is 0 Å². The molecule has 0 aromatic heterocycles. The molecular formula is C7H8. The lowest BCUT2D eigenvalue weighted by Crippen LogP contribution is -1.72. The minimum atomic E-state index is 0.764. The first-order valence-electron chi connectivity index (χ1n) is 2.95. The molecule has 2 unspecified atom stereocenters. The highest BCUT2D eigenvalue weighted by atomic mass is 14.5. The summed E-state index contributed by atoms with van der Waals surface area (Å²) in [4.78, 5) is 0. The van der Waals surface area contributed by atoms with Gasteiger partial charge in [-0.25, -0.2) is 0 Å². The highest BCUT2D eigenvalue weighted by molar-refractivity contribution is 5.16. The fourth-order valence-corrected chi connectivity index (χ4v) is 1.52. The maximum atomic E-state index is 7.30. The molecule has 0 aromatic carbocycles. The van der Waals surface area contributed by atoms with E-state index in [1.165, 1.54) is 12.8 Å².